The number of nitrogens with zero attached hydrogens (tertiary/aromatic N) is 14. The maximum absolute atomic E-state index is 12.8. The van der Waals surface area contributed by atoms with E-state index >= 15 is 0 Å². The lowest BCUT2D eigenvalue weighted by Gasteiger charge is -2.08. The molecule has 706 valence electrons. The minimum Gasteiger partial charge on any atom is -0.396 e. The summed E-state index contributed by atoms with van der Waals surface area (Å²) in [5.41, 5.74) is 45.5. The van der Waals surface area contributed by atoms with Crippen molar-refractivity contribution in [2.24, 2.45) is 7.05 Å². The lowest BCUT2D eigenvalue weighted by atomic mass is 10.0. The molecule has 20 rings (SSSR count). The van der Waals surface area contributed by atoms with Crippen molar-refractivity contribution in [3.05, 3.63) is 197 Å². The predicted molar refractivity (Wildman–Crippen MR) is 573 cm³/mol. The molecule has 3 aromatic carbocycles. The fraction of sp³-hybridized carbons (Fsp3) is 0.207. The molecule has 17 aromatic heterocycles. The number of fused-ring (bicyclic) bond motifs is 5. The molecule has 17 heterocycles. The molecule has 0 aliphatic carbocycles. The Kier molecular flexibility index (Phi) is 34.3. The van der Waals surface area contributed by atoms with Crippen molar-refractivity contribution in [1.82, 2.24) is 69.4 Å². The van der Waals surface area contributed by atoms with E-state index in [-0.39, 0.29) is 0 Å². The van der Waals surface area contributed by atoms with Crippen LogP contribution < -0.4 is 28.7 Å². The summed E-state index contributed by atoms with van der Waals surface area (Å²) in [5, 5.41) is 19.6. The van der Waals surface area contributed by atoms with Crippen molar-refractivity contribution < 1.29 is 44.7 Å². The topological polar surface area (TPSA) is 434 Å². The highest BCUT2D eigenvalue weighted by Crippen LogP contribution is 2.49. The normalized spacial score (nSPS) is 12.5. The summed E-state index contributed by atoms with van der Waals surface area (Å²) in [7, 11) is 3.94. The molecule has 0 aliphatic heterocycles. The Morgan fingerprint density at radius 1 is 0.328 bits per heavy atom. The monoisotopic (exact) mass is 2130 g/mol. The van der Waals surface area contributed by atoms with Gasteiger partial charge in [0.2, 0.25) is 0 Å². The molecule has 45 heteroatoms. The highest BCUT2D eigenvalue weighted by atomic mass is 32.2. The zero-order valence-electron chi connectivity index (χ0n) is 74.2. The van der Waals surface area contributed by atoms with Crippen LogP contribution in [0.25, 0.3) is 160 Å². The second-order valence-electron chi connectivity index (χ2n) is 29.3. The van der Waals surface area contributed by atoms with Gasteiger partial charge in [0.15, 0.2) is 21.7 Å². The van der Waals surface area contributed by atoms with Gasteiger partial charge in [0.1, 0.15) is 77.4 Å². The Bertz CT molecular complexity index is 7430. The van der Waals surface area contributed by atoms with Crippen LogP contribution >= 0.6 is 125 Å². The van der Waals surface area contributed by atoms with Crippen LogP contribution in [0.4, 0.5) is 28.4 Å². The molecule has 0 aliphatic rings. The number of imidazole rings is 1. The third-order valence-electron chi connectivity index (χ3n) is 20.6. The first-order chi connectivity index (χ1) is 66.8. The molecule has 0 radical (unpaired) electrons. The smallest absolute Gasteiger partial charge is 0.190 e. The predicted octanol–water partition coefficient (Wildman–Crippen LogP) is 20.8. The first kappa shape index (κ1) is 99.7. The second kappa shape index (κ2) is 47.1. The van der Waals surface area contributed by atoms with E-state index in [2.05, 4.69) is 64.1 Å². The molecular formula is C92H87N19O10S16. The lowest BCUT2D eigenvalue weighted by Crippen LogP contribution is -2.04. The van der Waals surface area contributed by atoms with E-state index in [1.807, 2.05) is 154 Å². The Hall–Kier alpha value is -10.3. The number of nitrogens with two attached hydrogens (primary N) is 5. The maximum atomic E-state index is 12.8. The average Bonchev–Trinajstić information content (AvgIpc) is 1.53. The molecule has 0 spiro atoms. The van der Waals surface area contributed by atoms with Crippen LogP contribution in [0.15, 0.2) is 212 Å². The average molecular weight is 2130 g/mol. The molecule has 5 atom stereocenters. The Balaban J connectivity index is 0.000000124. The van der Waals surface area contributed by atoms with Crippen LogP contribution in [0.5, 0.6) is 0 Å². The van der Waals surface area contributed by atoms with Crippen molar-refractivity contribution >= 4 is 258 Å². The number of ether oxygens (including phenoxy) is 5. The molecule has 29 nitrogen and oxygen atoms in total. The molecule has 10 N–H and O–H groups in total. The van der Waals surface area contributed by atoms with Gasteiger partial charge in [0.05, 0.1) is 164 Å². The van der Waals surface area contributed by atoms with Gasteiger partial charge in [0.25, 0.3) is 0 Å². The van der Waals surface area contributed by atoms with E-state index in [0.717, 1.165) is 156 Å². The first-order valence-electron chi connectivity index (χ1n) is 41.7. The molecule has 0 amide bonds. The van der Waals surface area contributed by atoms with Gasteiger partial charge in [-0.05, 0) is 60.5 Å². The van der Waals surface area contributed by atoms with Crippen LogP contribution in [0.2, 0.25) is 0 Å². The first-order valence-corrected chi connectivity index (χ1v) is 57.7. The summed E-state index contributed by atoms with van der Waals surface area (Å²) < 4.78 is 94.2. The summed E-state index contributed by atoms with van der Waals surface area (Å²) in [5.74, 6) is 4.22. The van der Waals surface area contributed by atoms with Gasteiger partial charge in [0, 0.05) is 164 Å². The van der Waals surface area contributed by atoms with Gasteiger partial charge >= 0.3 is 0 Å². The number of nitrogen functional groups attached to an aromatic ring is 5. The molecule has 20 aromatic rings. The highest BCUT2D eigenvalue weighted by molar-refractivity contribution is 7.89. The van der Waals surface area contributed by atoms with Crippen molar-refractivity contribution in [2.45, 2.75) is 40.8 Å². The molecule has 137 heavy (non-hydrogen) atoms. The number of thiazole rings is 5. The van der Waals surface area contributed by atoms with Crippen molar-refractivity contribution in [3.8, 4) is 109 Å². The fourth-order valence-corrected chi connectivity index (χ4v) is 30.6. The largest absolute Gasteiger partial charge is 0.396 e. The van der Waals surface area contributed by atoms with E-state index in [4.69, 9.17) is 77.3 Å². The SMILES string of the molecule is COCCCS(=O)c1sc2nc(-c3cccs3)cc(-c3ccccc3)c2c1N.COCCCS(=O)c1sc2nc(-c3nccs3)nc(-c3ccccc3)c2c1N.COCCS(=O)c1sc2nc(-c3nccs3)cc(-c3cnc(C)n3C)c2c1N.COCCS(=O)c1sc2nc(-c3nccs3)cc(-c3nccs3)c2c1N.COCCS(=O)c1sc2nc(-c3nccs3)nc(-c3ccccc3)c2c1N. The number of rotatable bonds is 32. The van der Waals surface area contributed by atoms with E-state index in [1.54, 1.807) is 77.9 Å². The molecule has 0 saturated carbocycles. The second-order valence-corrected chi connectivity index (χ2v) is 48.5. The Morgan fingerprint density at radius 3 is 1.03 bits per heavy atom. The van der Waals surface area contributed by atoms with E-state index in [1.165, 1.54) is 113 Å². The van der Waals surface area contributed by atoms with Crippen molar-refractivity contribution in [1.29, 1.82) is 0 Å². The minimum absolute atomic E-state index is 0.390. The number of hydrogen-bond acceptors (Lipinski definition) is 39. The molecule has 0 fully saturated rings. The van der Waals surface area contributed by atoms with Gasteiger partial charge < -0.3 is 56.9 Å². The van der Waals surface area contributed by atoms with E-state index in [9.17, 15) is 21.0 Å². The zero-order valence-corrected chi connectivity index (χ0v) is 87.3. The quantitative estimate of drug-likeness (QED) is 0.0244. The lowest BCUT2D eigenvalue weighted by molar-refractivity contribution is 0.200. The molecule has 0 saturated heterocycles. The number of anilines is 5. The minimum atomic E-state index is -1.25. The molecule has 0 bridgehead atoms. The van der Waals surface area contributed by atoms with Gasteiger partial charge in [-0.1, -0.05) is 97.1 Å². The van der Waals surface area contributed by atoms with Crippen LogP contribution in [0.1, 0.15) is 18.7 Å². The van der Waals surface area contributed by atoms with Crippen LogP contribution in [-0.4, -0.2) is 188 Å². The molecular weight excluding hydrogens is 2040 g/mol. The summed E-state index contributed by atoms with van der Waals surface area (Å²) in [6.45, 7) is 4.34. The number of pyridine rings is 3. The molecule has 5 unspecified atom stereocenters. The zero-order chi connectivity index (χ0) is 95.8. The Morgan fingerprint density at radius 2 is 0.664 bits per heavy atom. The van der Waals surface area contributed by atoms with Gasteiger partial charge in [-0.3, -0.25) is 21.0 Å². The van der Waals surface area contributed by atoms with Gasteiger partial charge in [-0.15, -0.1) is 125 Å². The summed E-state index contributed by atoms with van der Waals surface area (Å²) in [4.78, 5) is 64.4. The van der Waals surface area contributed by atoms with Crippen LogP contribution in [0, 0.1) is 6.92 Å². The highest BCUT2D eigenvalue weighted by Gasteiger charge is 2.30. The number of aryl methyl sites for hydroxylation is 1. The van der Waals surface area contributed by atoms with Gasteiger partial charge in [-0.2, -0.15) is 0 Å². The number of methoxy groups -OCH3 is 5. The number of thiophene rings is 6. The number of hydrogen-bond donors (Lipinski definition) is 5. The fourth-order valence-electron chi connectivity index (χ4n) is 14.0. The standard InChI is InChI=1S/C21H20N2O2S3.C19H18N4O2S3.C18H19N5O2S3.C18H16N4O2S3.C16H14N4O2S4/c1-25-10-6-12-28(24)21-19(22)18-15(14-7-3-2-4-8-14)13-16(23-20(18)27-21)17-9-5-11-26-17;1-25-9-5-11-28(24)19-14(20)13-15(12-6-3-2-4-7-12)22-16(23-17(13)27-19)18-21-8-10-26-18;1-10-21-9-13(23(10)2)11-8-12(16-20-4-6-26-16)22-17-14(11)15(19)18(27-17)28(24)7-5-25-3;1-24-8-10-27(23)18-13(19)12-14(11-5-3-2-4-6-11)21-15(22-16(12)26-18)17-20-7-9-25-17;1-22-4-7-26(21)16-12(17)11-9(13-18-2-5-23-13)8-10(20-15(11)25-16)14-19-3-6-24-14/h2-5,7-9,11,13H,6,10,12,22H2,1H3;2-4,6-8,10H,5,9,11,20H2,1H3;4,6,8-9H,5,7,19H2,1-3H3;2-7,9H,8,10,19H2,1H3;2-3,5-6,8H,4,7,17H2,1H3. The van der Waals surface area contributed by atoms with Crippen molar-refractivity contribution in [3.63, 3.8) is 0 Å². The Labute approximate surface area is 843 Å². The summed E-state index contributed by atoms with van der Waals surface area (Å²) in [6, 6.07) is 39.9. The third-order valence-corrected chi connectivity index (χ3v) is 40.0. The summed E-state index contributed by atoms with van der Waals surface area (Å²) >= 11 is 16.1. The van der Waals surface area contributed by atoms with Crippen molar-refractivity contribution in [2.75, 3.05) is 126 Å². The van der Waals surface area contributed by atoms with E-state index in [0.29, 0.717) is 134 Å². The van der Waals surface area contributed by atoms with E-state index < -0.39 is 54.0 Å². The maximum Gasteiger partial charge on any atom is 0.190 e. The summed E-state index contributed by atoms with van der Waals surface area (Å²) in [6.07, 6.45) is 12.0. The van der Waals surface area contributed by atoms with Crippen LogP contribution in [0.3, 0.4) is 0 Å². The van der Waals surface area contributed by atoms with Gasteiger partial charge in [-0.25, -0.2) is 64.8 Å². The number of benzene rings is 3. The third kappa shape index (κ3) is 22.8. The number of aromatic nitrogens is 14. The van der Waals surface area contributed by atoms with Crippen LogP contribution in [-0.2, 0) is 84.7 Å².